The number of nitro benzene ring substituents is 1. The number of nitrogens with one attached hydrogen (secondary N) is 1. The number of hydrogen-bond donors (Lipinski definition) is 2. The van der Waals surface area contributed by atoms with Gasteiger partial charge in [-0.25, -0.2) is 9.97 Å². The van der Waals surface area contributed by atoms with Crippen LogP contribution < -0.4 is 11.1 Å². The van der Waals surface area contributed by atoms with Gasteiger partial charge in [-0.1, -0.05) is 17.8 Å². The van der Waals surface area contributed by atoms with Gasteiger partial charge in [0.05, 0.1) is 16.1 Å². The van der Waals surface area contributed by atoms with Crippen LogP contribution >= 0.6 is 23.1 Å². The molecular weight excluding hydrogens is 386 g/mol. The predicted octanol–water partition coefficient (Wildman–Crippen LogP) is 3.84. The van der Waals surface area contributed by atoms with Gasteiger partial charge in [0.1, 0.15) is 10.6 Å². The molecule has 0 aliphatic rings. The normalized spacial score (nSPS) is 10.9. The largest absolute Gasteiger partial charge is 0.383 e. The van der Waals surface area contributed by atoms with Crippen molar-refractivity contribution in [3.05, 3.63) is 44.3 Å². The Morgan fingerprint density at radius 2 is 2.07 bits per heavy atom. The number of amides is 1. The number of thioether (sulfide) groups is 1. The summed E-state index contributed by atoms with van der Waals surface area (Å²) in [4.78, 5) is 33.4. The van der Waals surface area contributed by atoms with E-state index in [-0.39, 0.29) is 17.3 Å². The SMILES string of the molecule is Cc1ccc(NC(=O)CSc2nc(N)c3c(C)c(C)sc3n2)cc1[N+](=O)[O-]. The number of benzene rings is 1. The average molecular weight is 403 g/mol. The Hall–Kier alpha value is -2.72. The standard InChI is InChI=1S/C17H17N5O3S2/c1-8-4-5-11(6-12(8)22(24)25)19-13(23)7-26-17-20-15(18)14-9(2)10(3)27-16(14)21-17/h4-6H,7H2,1-3H3,(H,19,23)(H2,18,20,21). The van der Waals surface area contributed by atoms with Crippen molar-refractivity contribution in [2.45, 2.75) is 25.9 Å². The van der Waals surface area contributed by atoms with E-state index in [1.54, 1.807) is 30.4 Å². The lowest BCUT2D eigenvalue weighted by Gasteiger charge is -2.06. The maximum absolute atomic E-state index is 12.2. The number of nitrogen functional groups attached to an aromatic ring is 1. The highest BCUT2D eigenvalue weighted by atomic mass is 32.2. The highest BCUT2D eigenvalue weighted by molar-refractivity contribution is 7.99. The minimum absolute atomic E-state index is 0.0366. The van der Waals surface area contributed by atoms with Gasteiger partial charge < -0.3 is 11.1 Å². The minimum atomic E-state index is -0.476. The lowest BCUT2D eigenvalue weighted by Crippen LogP contribution is -2.14. The number of hydrogen-bond acceptors (Lipinski definition) is 8. The summed E-state index contributed by atoms with van der Waals surface area (Å²) >= 11 is 2.70. The van der Waals surface area contributed by atoms with Crippen molar-refractivity contribution in [3.8, 4) is 0 Å². The maximum Gasteiger partial charge on any atom is 0.274 e. The first kappa shape index (κ1) is 19.1. The topological polar surface area (TPSA) is 124 Å². The molecule has 0 atom stereocenters. The Kier molecular flexibility index (Phi) is 5.29. The summed E-state index contributed by atoms with van der Waals surface area (Å²) in [5, 5.41) is 14.9. The number of rotatable bonds is 5. The molecule has 1 amide bonds. The molecule has 0 bridgehead atoms. The Morgan fingerprint density at radius 3 is 2.78 bits per heavy atom. The van der Waals surface area contributed by atoms with Crippen LogP contribution in [0.1, 0.15) is 16.0 Å². The van der Waals surface area contributed by atoms with E-state index in [0.29, 0.717) is 22.2 Å². The molecule has 27 heavy (non-hydrogen) atoms. The Balaban J connectivity index is 1.70. The van der Waals surface area contributed by atoms with Crippen molar-refractivity contribution in [2.24, 2.45) is 0 Å². The fraction of sp³-hybridized carbons (Fsp3) is 0.235. The van der Waals surface area contributed by atoms with Gasteiger partial charge in [0.25, 0.3) is 5.69 Å². The van der Waals surface area contributed by atoms with E-state index in [0.717, 1.165) is 32.4 Å². The number of nitro groups is 1. The first-order valence-corrected chi connectivity index (χ1v) is 9.77. The number of carbonyl (C=O) groups excluding carboxylic acids is 1. The van der Waals surface area contributed by atoms with Gasteiger partial charge in [-0.05, 0) is 32.4 Å². The zero-order chi connectivity index (χ0) is 19.7. The van der Waals surface area contributed by atoms with Gasteiger partial charge >= 0.3 is 0 Å². The Bertz CT molecular complexity index is 1060. The first-order valence-electron chi connectivity index (χ1n) is 7.97. The van der Waals surface area contributed by atoms with Crippen molar-refractivity contribution < 1.29 is 9.72 Å². The Morgan fingerprint density at radius 1 is 1.33 bits per heavy atom. The molecule has 0 unspecified atom stereocenters. The zero-order valence-corrected chi connectivity index (χ0v) is 16.5. The van der Waals surface area contributed by atoms with Crippen molar-refractivity contribution >= 4 is 56.4 Å². The van der Waals surface area contributed by atoms with Gasteiger partial charge in [0, 0.05) is 22.2 Å². The lowest BCUT2D eigenvalue weighted by atomic mass is 10.2. The van der Waals surface area contributed by atoms with E-state index in [9.17, 15) is 14.9 Å². The maximum atomic E-state index is 12.2. The van der Waals surface area contributed by atoms with E-state index in [4.69, 9.17) is 5.73 Å². The molecule has 0 aliphatic heterocycles. The van der Waals surface area contributed by atoms with E-state index >= 15 is 0 Å². The summed E-state index contributed by atoms with van der Waals surface area (Å²) in [7, 11) is 0. The van der Waals surface area contributed by atoms with Gasteiger partial charge in [-0.2, -0.15) is 0 Å². The van der Waals surface area contributed by atoms with Gasteiger partial charge in [-0.3, -0.25) is 14.9 Å². The third-order valence-electron chi connectivity index (χ3n) is 4.06. The van der Waals surface area contributed by atoms with E-state index < -0.39 is 4.92 Å². The average Bonchev–Trinajstić information content (AvgIpc) is 2.89. The van der Waals surface area contributed by atoms with Crippen LogP contribution in [-0.2, 0) is 4.79 Å². The van der Waals surface area contributed by atoms with Gasteiger partial charge in [0.2, 0.25) is 5.91 Å². The molecule has 1 aromatic carbocycles. The molecule has 0 radical (unpaired) electrons. The second-order valence-corrected chi connectivity index (χ2v) is 8.10. The van der Waals surface area contributed by atoms with Crippen LogP contribution in [0, 0.1) is 30.9 Å². The second kappa shape index (κ2) is 7.49. The molecule has 0 spiro atoms. The minimum Gasteiger partial charge on any atom is -0.383 e. The fourth-order valence-corrected chi connectivity index (χ4v) is 4.28. The number of thiophene rings is 1. The molecule has 3 aromatic rings. The van der Waals surface area contributed by atoms with Crippen LogP contribution in [0.3, 0.4) is 0 Å². The molecule has 2 heterocycles. The smallest absolute Gasteiger partial charge is 0.274 e. The van der Waals surface area contributed by atoms with Crippen LogP contribution in [0.5, 0.6) is 0 Å². The van der Waals surface area contributed by atoms with Gasteiger partial charge in [-0.15, -0.1) is 11.3 Å². The van der Waals surface area contributed by atoms with Crippen LogP contribution in [0.2, 0.25) is 0 Å². The van der Waals surface area contributed by atoms with E-state index in [1.807, 2.05) is 13.8 Å². The van der Waals surface area contributed by atoms with Crippen LogP contribution in [0.4, 0.5) is 17.2 Å². The van der Waals surface area contributed by atoms with Crippen LogP contribution in [-0.4, -0.2) is 26.6 Å². The third kappa shape index (κ3) is 4.01. The monoisotopic (exact) mass is 403 g/mol. The summed E-state index contributed by atoms with van der Waals surface area (Å²) in [5.74, 6) is 0.161. The summed E-state index contributed by atoms with van der Waals surface area (Å²) < 4.78 is 0. The summed E-state index contributed by atoms with van der Waals surface area (Å²) in [6.07, 6.45) is 0. The summed E-state index contributed by atoms with van der Waals surface area (Å²) in [5.41, 5.74) is 7.98. The first-order chi connectivity index (χ1) is 12.8. The van der Waals surface area contributed by atoms with Crippen molar-refractivity contribution in [1.29, 1.82) is 0 Å². The number of aryl methyl sites for hydroxylation is 3. The van der Waals surface area contributed by atoms with Crippen molar-refractivity contribution in [1.82, 2.24) is 9.97 Å². The molecule has 8 nitrogen and oxygen atoms in total. The highest BCUT2D eigenvalue weighted by Crippen LogP contribution is 2.33. The lowest BCUT2D eigenvalue weighted by molar-refractivity contribution is -0.385. The molecule has 2 aromatic heterocycles. The molecular formula is C17H17N5O3S2. The van der Waals surface area contributed by atoms with Gasteiger partial charge in [0.15, 0.2) is 5.16 Å². The predicted molar refractivity (Wildman–Crippen MR) is 108 cm³/mol. The van der Waals surface area contributed by atoms with Crippen molar-refractivity contribution in [3.63, 3.8) is 0 Å². The van der Waals surface area contributed by atoms with E-state index in [2.05, 4.69) is 15.3 Å². The molecule has 0 saturated carbocycles. The molecule has 3 rings (SSSR count). The zero-order valence-electron chi connectivity index (χ0n) is 14.9. The number of aromatic nitrogens is 2. The highest BCUT2D eigenvalue weighted by Gasteiger charge is 2.15. The molecule has 10 heteroatoms. The fourth-order valence-electron chi connectivity index (χ4n) is 2.54. The summed E-state index contributed by atoms with van der Waals surface area (Å²) in [6, 6.07) is 4.57. The molecule has 0 fully saturated rings. The summed E-state index contributed by atoms with van der Waals surface area (Å²) in [6.45, 7) is 5.63. The van der Waals surface area contributed by atoms with Crippen LogP contribution in [0.25, 0.3) is 10.2 Å². The molecule has 0 aliphatic carbocycles. The molecule has 0 saturated heterocycles. The number of carbonyl (C=O) groups is 1. The Labute approximate surface area is 163 Å². The van der Waals surface area contributed by atoms with Crippen molar-refractivity contribution in [2.75, 3.05) is 16.8 Å². The number of nitrogens with two attached hydrogens (primary N) is 1. The number of nitrogens with zero attached hydrogens (tertiary/aromatic N) is 3. The van der Waals surface area contributed by atoms with E-state index in [1.165, 1.54) is 6.07 Å². The molecule has 3 N–H and O–H groups in total. The second-order valence-electron chi connectivity index (χ2n) is 5.95. The number of fused-ring (bicyclic) bond motifs is 1. The molecule has 140 valence electrons. The number of anilines is 2. The van der Waals surface area contributed by atoms with Crippen LogP contribution in [0.15, 0.2) is 23.4 Å². The quantitative estimate of drug-likeness (QED) is 0.287. The third-order valence-corrected chi connectivity index (χ3v) is 6.01.